The van der Waals surface area contributed by atoms with Crippen LogP contribution in [-0.4, -0.2) is 36.7 Å². The zero-order valence-electron chi connectivity index (χ0n) is 15.1. The molecule has 1 aliphatic heterocycles. The van der Waals surface area contributed by atoms with Gasteiger partial charge in [0.25, 0.3) is 10.2 Å². The first-order chi connectivity index (χ1) is 13.7. The predicted molar refractivity (Wildman–Crippen MR) is 111 cm³/mol. The third-order valence-corrected chi connectivity index (χ3v) is 7.70. The molecule has 4 rings (SSSR count). The second-order valence-electron chi connectivity index (χ2n) is 6.58. The first-order valence-corrected chi connectivity index (χ1v) is 11.2. The highest BCUT2D eigenvalue weighted by atomic mass is 35.5. The van der Waals surface area contributed by atoms with Crippen LogP contribution in [0.25, 0.3) is 10.2 Å². The number of thiazole rings is 1. The fraction of sp³-hybridized carbons (Fsp3) is 0.222. The largest absolute Gasteiger partial charge is 0.325 e. The van der Waals surface area contributed by atoms with Crippen molar-refractivity contribution in [2.45, 2.75) is 18.5 Å². The van der Waals surface area contributed by atoms with Gasteiger partial charge in [0, 0.05) is 12.7 Å². The van der Waals surface area contributed by atoms with Crippen LogP contribution in [0, 0.1) is 5.82 Å². The molecule has 2 aromatic carbocycles. The van der Waals surface area contributed by atoms with E-state index < -0.39 is 34.0 Å². The van der Waals surface area contributed by atoms with Crippen molar-refractivity contribution in [2.24, 2.45) is 0 Å². The zero-order valence-corrected chi connectivity index (χ0v) is 17.5. The fourth-order valence-electron chi connectivity index (χ4n) is 3.11. The molecular weight excluding hydrogens is 439 g/mol. The summed E-state index contributed by atoms with van der Waals surface area (Å²) in [5.41, 5.74) is 1.05. The molecule has 0 aliphatic carbocycles. The van der Waals surface area contributed by atoms with E-state index in [1.807, 2.05) is 24.3 Å². The molecule has 0 saturated carbocycles. The number of hydrogen-bond acceptors (Lipinski definition) is 5. The summed E-state index contributed by atoms with van der Waals surface area (Å²) >= 11 is 7.13. The van der Waals surface area contributed by atoms with Crippen LogP contribution in [0.3, 0.4) is 0 Å². The molecule has 2 heterocycles. The maximum Gasteiger partial charge on any atom is 0.280 e. The number of nitrogens with one attached hydrogen (secondary N) is 2. The van der Waals surface area contributed by atoms with Crippen molar-refractivity contribution in [3.05, 3.63) is 58.3 Å². The standard InChI is InChI=1S/C18H16ClFN4O3S2/c1-24-15(17(25)21-10-6-7-12(20)11(19)8-10)9-14(23-29(24,26)27)18-22-13-4-2-3-5-16(13)28-18/h2-8,14-15,23H,9H2,1H3,(H,21,25)/t14-,15+/m1/s1. The van der Waals surface area contributed by atoms with E-state index in [9.17, 15) is 17.6 Å². The van der Waals surface area contributed by atoms with Crippen LogP contribution >= 0.6 is 22.9 Å². The third kappa shape index (κ3) is 3.99. The Labute approximate surface area is 175 Å². The Kier molecular flexibility index (Phi) is 5.30. The Morgan fingerprint density at radius 3 is 2.83 bits per heavy atom. The van der Waals surface area contributed by atoms with Crippen LogP contribution in [0.1, 0.15) is 17.5 Å². The average Bonchev–Trinajstić information content (AvgIpc) is 3.11. The molecule has 1 fully saturated rings. The highest BCUT2D eigenvalue weighted by Gasteiger charge is 2.41. The van der Waals surface area contributed by atoms with E-state index in [0.29, 0.717) is 5.01 Å². The topological polar surface area (TPSA) is 91.4 Å². The molecule has 11 heteroatoms. The maximum atomic E-state index is 13.3. The van der Waals surface area contributed by atoms with Crippen molar-refractivity contribution in [2.75, 3.05) is 12.4 Å². The first-order valence-electron chi connectivity index (χ1n) is 8.61. The zero-order chi connectivity index (χ0) is 20.8. The van der Waals surface area contributed by atoms with Crippen LogP contribution in [0.15, 0.2) is 42.5 Å². The van der Waals surface area contributed by atoms with Crippen molar-refractivity contribution in [3.8, 4) is 0 Å². The monoisotopic (exact) mass is 454 g/mol. The lowest BCUT2D eigenvalue weighted by atomic mass is 10.1. The van der Waals surface area contributed by atoms with Gasteiger partial charge in [-0.2, -0.15) is 17.4 Å². The average molecular weight is 455 g/mol. The number of likely N-dealkylation sites (N-methyl/N-ethyl adjacent to an activating group) is 1. The number of rotatable bonds is 3. The number of fused-ring (bicyclic) bond motifs is 1. The molecule has 152 valence electrons. The molecule has 1 saturated heterocycles. The molecule has 1 aromatic heterocycles. The summed E-state index contributed by atoms with van der Waals surface area (Å²) in [5.74, 6) is -1.14. The molecule has 0 spiro atoms. The van der Waals surface area contributed by atoms with Crippen LogP contribution in [0.4, 0.5) is 10.1 Å². The van der Waals surface area contributed by atoms with Crippen molar-refractivity contribution in [3.63, 3.8) is 0 Å². The number of halogens is 2. The number of amides is 1. The lowest BCUT2D eigenvalue weighted by Crippen LogP contribution is -2.55. The van der Waals surface area contributed by atoms with E-state index in [1.165, 1.54) is 30.5 Å². The number of carbonyl (C=O) groups excluding carboxylic acids is 1. The molecular formula is C18H16ClFN4O3S2. The number of anilines is 1. The van der Waals surface area contributed by atoms with Crippen LogP contribution in [-0.2, 0) is 15.0 Å². The van der Waals surface area contributed by atoms with E-state index in [0.717, 1.165) is 20.6 Å². The molecule has 1 amide bonds. The maximum absolute atomic E-state index is 13.3. The fourth-order valence-corrected chi connectivity index (χ4v) is 5.65. The van der Waals surface area contributed by atoms with Gasteiger partial charge < -0.3 is 5.32 Å². The SMILES string of the molecule is CN1[C@H](C(=O)Nc2ccc(F)c(Cl)c2)C[C@H](c2nc3ccccc3s2)NS1(=O)=O. The summed E-state index contributed by atoms with van der Waals surface area (Å²) in [5, 5.41) is 3.06. The minimum atomic E-state index is -3.89. The van der Waals surface area contributed by atoms with E-state index in [4.69, 9.17) is 11.6 Å². The lowest BCUT2D eigenvalue weighted by molar-refractivity contribution is -0.120. The van der Waals surface area contributed by atoms with Gasteiger partial charge in [0.05, 0.1) is 21.3 Å². The van der Waals surface area contributed by atoms with Gasteiger partial charge in [-0.05, 0) is 36.8 Å². The third-order valence-electron chi connectivity index (χ3n) is 4.67. The number of nitrogens with zero attached hydrogens (tertiary/aromatic N) is 2. The van der Waals surface area contributed by atoms with E-state index in [1.54, 1.807) is 0 Å². The van der Waals surface area contributed by atoms with Gasteiger partial charge in [-0.1, -0.05) is 23.7 Å². The van der Waals surface area contributed by atoms with Crippen LogP contribution < -0.4 is 10.0 Å². The van der Waals surface area contributed by atoms with Gasteiger partial charge in [0.1, 0.15) is 16.9 Å². The first kappa shape index (κ1) is 20.2. The minimum Gasteiger partial charge on any atom is -0.325 e. The Bertz CT molecular complexity index is 1170. The summed E-state index contributed by atoms with van der Waals surface area (Å²) < 4.78 is 43.0. The summed E-state index contributed by atoms with van der Waals surface area (Å²) in [7, 11) is -2.56. The number of para-hydroxylation sites is 1. The Balaban J connectivity index is 1.61. The quantitative estimate of drug-likeness (QED) is 0.635. The summed E-state index contributed by atoms with van der Waals surface area (Å²) in [6, 6.07) is 9.65. The number of aromatic nitrogens is 1. The van der Waals surface area contributed by atoms with E-state index >= 15 is 0 Å². The molecule has 1 aliphatic rings. The highest BCUT2D eigenvalue weighted by molar-refractivity contribution is 7.87. The lowest BCUT2D eigenvalue weighted by Gasteiger charge is -2.35. The molecule has 0 unspecified atom stereocenters. The Morgan fingerprint density at radius 2 is 2.10 bits per heavy atom. The van der Waals surface area contributed by atoms with Gasteiger partial charge in [0.15, 0.2) is 0 Å². The molecule has 0 radical (unpaired) electrons. The number of carbonyl (C=O) groups is 1. The van der Waals surface area contributed by atoms with Crippen LogP contribution in [0.2, 0.25) is 5.02 Å². The second kappa shape index (κ2) is 7.62. The van der Waals surface area contributed by atoms with Gasteiger partial charge in [-0.3, -0.25) is 4.79 Å². The smallest absolute Gasteiger partial charge is 0.280 e. The summed E-state index contributed by atoms with van der Waals surface area (Å²) in [6.45, 7) is 0. The van der Waals surface area contributed by atoms with Gasteiger partial charge in [-0.25, -0.2) is 9.37 Å². The molecule has 2 atom stereocenters. The Morgan fingerprint density at radius 1 is 1.34 bits per heavy atom. The van der Waals surface area contributed by atoms with E-state index in [-0.39, 0.29) is 17.1 Å². The van der Waals surface area contributed by atoms with Crippen molar-refractivity contribution in [1.29, 1.82) is 0 Å². The van der Waals surface area contributed by atoms with Gasteiger partial charge >= 0.3 is 0 Å². The van der Waals surface area contributed by atoms with Crippen LogP contribution in [0.5, 0.6) is 0 Å². The molecule has 3 aromatic rings. The van der Waals surface area contributed by atoms with Crippen molar-refractivity contribution in [1.82, 2.24) is 14.0 Å². The van der Waals surface area contributed by atoms with Gasteiger partial charge in [-0.15, -0.1) is 11.3 Å². The predicted octanol–water partition coefficient (Wildman–Crippen LogP) is 3.31. The van der Waals surface area contributed by atoms with Gasteiger partial charge in [0.2, 0.25) is 5.91 Å². The molecule has 7 nitrogen and oxygen atoms in total. The second-order valence-corrected chi connectivity index (χ2v) is 9.81. The van der Waals surface area contributed by atoms with Crippen molar-refractivity contribution < 1.29 is 17.6 Å². The van der Waals surface area contributed by atoms with E-state index in [2.05, 4.69) is 15.0 Å². The summed E-state index contributed by atoms with van der Waals surface area (Å²) in [4.78, 5) is 17.3. The minimum absolute atomic E-state index is 0.138. The number of hydrogen-bond donors (Lipinski definition) is 2. The summed E-state index contributed by atoms with van der Waals surface area (Å²) in [6.07, 6.45) is 0.191. The van der Waals surface area contributed by atoms with Crippen molar-refractivity contribution >= 4 is 55.0 Å². The highest BCUT2D eigenvalue weighted by Crippen LogP contribution is 2.33. The molecule has 0 bridgehead atoms. The molecule has 29 heavy (non-hydrogen) atoms. The molecule has 2 N–H and O–H groups in total. The Hall–Kier alpha value is -2.11. The number of benzene rings is 2. The normalized spacial score (nSPS) is 21.9.